The highest BCUT2D eigenvalue weighted by Gasteiger charge is 2.39. The van der Waals surface area contributed by atoms with Crippen LogP contribution in [0.4, 0.5) is 5.69 Å². The van der Waals surface area contributed by atoms with E-state index in [-0.39, 0.29) is 11.8 Å². The number of fused-ring (bicyclic) bond motifs is 3. The van der Waals surface area contributed by atoms with Gasteiger partial charge in [-0.2, -0.15) is 0 Å². The van der Waals surface area contributed by atoms with Gasteiger partial charge in [0.05, 0.1) is 11.4 Å². The summed E-state index contributed by atoms with van der Waals surface area (Å²) >= 11 is 3.56. The van der Waals surface area contributed by atoms with Crippen molar-refractivity contribution < 1.29 is 9.59 Å². The molecule has 1 aliphatic carbocycles. The summed E-state index contributed by atoms with van der Waals surface area (Å²) in [6.45, 7) is 3.21. The number of benzene rings is 1. The Hall–Kier alpha value is -1.99. The van der Waals surface area contributed by atoms with Gasteiger partial charge in [-0.25, -0.2) is 0 Å². The molecule has 3 aliphatic rings. The van der Waals surface area contributed by atoms with Crippen molar-refractivity contribution >= 4 is 44.7 Å². The Bertz CT molecular complexity index is 853. The maximum absolute atomic E-state index is 13.0. The minimum atomic E-state index is -0.466. The molecule has 0 saturated carbocycles. The zero-order valence-corrected chi connectivity index (χ0v) is 16.3. The van der Waals surface area contributed by atoms with Crippen molar-refractivity contribution in [3.05, 3.63) is 33.8 Å². The third-order valence-corrected chi connectivity index (χ3v) is 6.10. The topological polar surface area (TPSA) is 79.0 Å². The number of carbonyl (C=O) groups excluding carboxylic acids is 2. The Morgan fingerprint density at radius 3 is 2.62 bits per heavy atom. The lowest BCUT2D eigenvalue weighted by Gasteiger charge is -2.36. The maximum atomic E-state index is 13.0. The number of hydrogen-bond donors (Lipinski definition) is 1. The fourth-order valence-electron chi connectivity index (χ4n) is 4.01. The zero-order chi connectivity index (χ0) is 18.4. The molecule has 1 fully saturated rings. The van der Waals surface area contributed by atoms with Gasteiger partial charge in [0.2, 0.25) is 11.8 Å². The normalized spacial score (nSPS) is 22.8. The lowest BCUT2D eigenvalue weighted by molar-refractivity contribution is -0.137. The molecule has 1 unspecified atom stereocenters. The van der Waals surface area contributed by atoms with Crippen LogP contribution in [-0.4, -0.2) is 60.6 Å². The molecular formula is C19H21BrN4O2. The highest BCUT2D eigenvalue weighted by molar-refractivity contribution is 9.10. The molecule has 4 rings (SSSR count). The van der Waals surface area contributed by atoms with Gasteiger partial charge >= 0.3 is 0 Å². The summed E-state index contributed by atoms with van der Waals surface area (Å²) in [7, 11) is 2.06. The Labute approximate surface area is 160 Å². The molecule has 7 heteroatoms. The van der Waals surface area contributed by atoms with Crippen LogP contribution in [0, 0.1) is 5.92 Å². The summed E-state index contributed by atoms with van der Waals surface area (Å²) in [5.41, 5.74) is 9.59. The number of piperazine rings is 1. The molecule has 2 aliphatic heterocycles. The number of aliphatic imine (C=N–C) groups is 1. The van der Waals surface area contributed by atoms with E-state index in [1.807, 2.05) is 23.1 Å². The molecule has 1 atom stereocenters. The standard InChI is InChI=1S/C19H21BrN4O2/c1-23-5-7-24(8-6-23)19(26)11-9-12(18(21)25)16-15(10-11)22-14-4-2-3-13(20)17(14)16/h2-4,11H,5-10H2,1H3,(H2,21,25). The van der Waals surface area contributed by atoms with E-state index in [1.165, 1.54) is 0 Å². The zero-order valence-electron chi connectivity index (χ0n) is 14.7. The minimum absolute atomic E-state index is 0.105. The van der Waals surface area contributed by atoms with E-state index in [0.29, 0.717) is 18.4 Å². The van der Waals surface area contributed by atoms with Crippen molar-refractivity contribution in [1.29, 1.82) is 0 Å². The summed E-state index contributed by atoms with van der Waals surface area (Å²) in [6, 6.07) is 5.78. The monoisotopic (exact) mass is 416 g/mol. The first-order chi connectivity index (χ1) is 12.5. The molecule has 0 spiro atoms. The summed E-state index contributed by atoms with van der Waals surface area (Å²) in [6.07, 6.45) is 0.939. The number of primary amides is 1. The van der Waals surface area contributed by atoms with E-state index in [0.717, 1.165) is 53.2 Å². The van der Waals surface area contributed by atoms with Crippen LogP contribution < -0.4 is 5.73 Å². The molecule has 2 heterocycles. The number of nitrogens with two attached hydrogens (primary N) is 1. The number of rotatable bonds is 2. The van der Waals surface area contributed by atoms with Crippen LogP contribution in [-0.2, 0) is 9.59 Å². The van der Waals surface area contributed by atoms with E-state index in [1.54, 1.807) is 0 Å². The van der Waals surface area contributed by atoms with Crippen LogP contribution in [0.25, 0.3) is 5.57 Å². The predicted molar refractivity (Wildman–Crippen MR) is 104 cm³/mol. The number of likely N-dealkylation sites (N-methyl/N-ethyl adjacent to an activating group) is 1. The van der Waals surface area contributed by atoms with Gasteiger partial charge in [0.25, 0.3) is 0 Å². The molecule has 6 nitrogen and oxygen atoms in total. The lowest BCUT2D eigenvalue weighted by atomic mass is 9.79. The summed E-state index contributed by atoms with van der Waals surface area (Å²) in [4.78, 5) is 34.0. The average Bonchev–Trinajstić information content (AvgIpc) is 3.00. The van der Waals surface area contributed by atoms with Crippen LogP contribution >= 0.6 is 15.9 Å². The van der Waals surface area contributed by atoms with Gasteiger partial charge in [-0.3, -0.25) is 14.6 Å². The van der Waals surface area contributed by atoms with Gasteiger partial charge in [-0.05, 0) is 25.6 Å². The van der Waals surface area contributed by atoms with Crippen molar-refractivity contribution in [3.8, 4) is 0 Å². The van der Waals surface area contributed by atoms with Gasteiger partial charge in [-0.1, -0.05) is 22.0 Å². The second kappa shape index (κ2) is 6.63. The number of allylic oxidation sites excluding steroid dienone is 1. The maximum Gasteiger partial charge on any atom is 0.245 e. The fraction of sp³-hybridized carbons (Fsp3) is 0.421. The molecule has 0 bridgehead atoms. The predicted octanol–water partition coefficient (Wildman–Crippen LogP) is 1.96. The SMILES string of the molecule is CN1CCN(C(=O)C2CC3=Nc4cccc(Br)c4C3=C(C(N)=O)C2)CC1. The number of amides is 2. The van der Waals surface area contributed by atoms with Crippen LogP contribution in [0.1, 0.15) is 18.4 Å². The van der Waals surface area contributed by atoms with Crippen LogP contribution in [0.5, 0.6) is 0 Å². The molecular weight excluding hydrogens is 396 g/mol. The first kappa shape index (κ1) is 17.4. The number of halogens is 1. The fourth-order valence-corrected chi connectivity index (χ4v) is 4.56. The quantitative estimate of drug-likeness (QED) is 0.799. The lowest BCUT2D eigenvalue weighted by Crippen LogP contribution is -2.49. The van der Waals surface area contributed by atoms with Gasteiger partial charge in [0, 0.05) is 59.7 Å². The molecule has 1 aromatic carbocycles. The number of nitrogens with zero attached hydrogens (tertiary/aromatic N) is 3. The van der Waals surface area contributed by atoms with Gasteiger partial charge in [0.15, 0.2) is 0 Å². The molecule has 0 radical (unpaired) electrons. The number of hydrogen-bond acceptors (Lipinski definition) is 4. The Balaban J connectivity index is 1.67. The minimum Gasteiger partial charge on any atom is -0.366 e. The van der Waals surface area contributed by atoms with E-state index in [2.05, 4.69) is 27.9 Å². The highest BCUT2D eigenvalue weighted by Crippen LogP contribution is 2.46. The van der Waals surface area contributed by atoms with E-state index in [9.17, 15) is 9.59 Å². The summed E-state index contributed by atoms with van der Waals surface area (Å²) < 4.78 is 0.895. The van der Waals surface area contributed by atoms with E-state index >= 15 is 0 Å². The van der Waals surface area contributed by atoms with Crippen molar-refractivity contribution in [2.75, 3.05) is 33.2 Å². The molecule has 0 aromatic heterocycles. The largest absolute Gasteiger partial charge is 0.366 e. The van der Waals surface area contributed by atoms with E-state index < -0.39 is 5.91 Å². The molecule has 136 valence electrons. The van der Waals surface area contributed by atoms with Crippen LogP contribution in [0.3, 0.4) is 0 Å². The van der Waals surface area contributed by atoms with Crippen molar-refractivity contribution in [3.63, 3.8) is 0 Å². The Morgan fingerprint density at radius 2 is 1.92 bits per heavy atom. The van der Waals surface area contributed by atoms with Crippen LogP contribution in [0.2, 0.25) is 0 Å². The molecule has 26 heavy (non-hydrogen) atoms. The molecule has 1 aromatic rings. The average molecular weight is 417 g/mol. The second-order valence-electron chi connectivity index (χ2n) is 7.14. The first-order valence-electron chi connectivity index (χ1n) is 8.83. The summed E-state index contributed by atoms with van der Waals surface area (Å²) in [5.74, 6) is -0.628. The van der Waals surface area contributed by atoms with Gasteiger partial charge in [0.1, 0.15) is 0 Å². The first-order valence-corrected chi connectivity index (χ1v) is 9.62. The highest BCUT2D eigenvalue weighted by atomic mass is 79.9. The number of carbonyl (C=O) groups is 2. The van der Waals surface area contributed by atoms with E-state index in [4.69, 9.17) is 10.7 Å². The molecule has 1 saturated heterocycles. The van der Waals surface area contributed by atoms with Gasteiger partial charge in [-0.15, -0.1) is 0 Å². The van der Waals surface area contributed by atoms with Gasteiger partial charge < -0.3 is 15.5 Å². The summed E-state index contributed by atoms with van der Waals surface area (Å²) in [5, 5.41) is 0. The third kappa shape index (κ3) is 2.89. The third-order valence-electron chi connectivity index (χ3n) is 5.44. The Kier molecular flexibility index (Phi) is 4.44. The molecule has 2 N–H and O–H groups in total. The smallest absolute Gasteiger partial charge is 0.245 e. The van der Waals surface area contributed by atoms with Crippen molar-refractivity contribution in [2.45, 2.75) is 12.8 Å². The van der Waals surface area contributed by atoms with Crippen LogP contribution in [0.15, 0.2) is 33.2 Å². The Morgan fingerprint density at radius 1 is 1.19 bits per heavy atom. The second-order valence-corrected chi connectivity index (χ2v) is 8.00. The van der Waals surface area contributed by atoms with Crippen molar-refractivity contribution in [1.82, 2.24) is 9.80 Å². The molecule has 2 amide bonds. The van der Waals surface area contributed by atoms with Crippen molar-refractivity contribution in [2.24, 2.45) is 16.6 Å².